The zero-order valence-electron chi connectivity index (χ0n) is 14.9. The Morgan fingerprint density at radius 1 is 1.28 bits per heavy atom. The summed E-state index contributed by atoms with van der Waals surface area (Å²) in [4.78, 5) is 6.83. The summed E-state index contributed by atoms with van der Waals surface area (Å²) in [6.07, 6.45) is 4.03. The Balaban J connectivity index is 1.46. The molecule has 2 heterocycles. The molecule has 1 atom stereocenters. The molecule has 1 saturated heterocycles. The summed E-state index contributed by atoms with van der Waals surface area (Å²) in [5, 5.41) is 6.83. The highest BCUT2D eigenvalue weighted by atomic mass is 16.6. The number of guanidine groups is 1. The molecule has 1 unspecified atom stereocenters. The van der Waals surface area contributed by atoms with Crippen molar-refractivity contribution in [3.63, 3.8) is 0 Å². The summed E-state index contributed by atoms with van der Waals surface area (Å²) in [6, 6.07) is 11.1. The van der Waals surface area contributed by atoms with Gasteiger partial charge < -0.3 is 20.1 Å². The van der Waals surface area contributed by atoms with Gasteiger partial charge in [-0.25, -0.2) is 0 Å². The van der Waals surface area contributed by atoms with Crippen molar-refractivity contribution < 1.29 is 9.47 Å². The number of piperidine rings is 1. The van der Waals surface area contributed by atoms with Crippen LogP contribution in [0.1, 0.15) is 18.4 Å². The molecule has 1 fully saturated rings. The smallest absolute Gasteiger partial charge is 0.191 e. The van der Waals surface area contributed by atoms with E-state index >= 15 is 0 Å². The van der Waals surface area contributed by atoms with E-state index in [0.29, 0.717) is 25.8 Å². The molecule has 1 aromatic carbocycles. The van der Waals surface area contributed by atoms with E-state index in [2.05, 4.69) is 50.9 Å². The predicted molar refractivity (Wildman–Crippen MR) is 99.2 cm³/mol. The molecule has 6 heteroatoms. The molecule has 25 heavy (non-hydrogen) atoms. The highest BCUT2D eigenvalue weighted by molar-refractivity contribution is 5.80. The lowest BCUT2D eigenvalue weighted by Crippen LogP contribution is -2.51. The lowest BCUT2D eigenvalue weighted by molar-refractivity contribution is 0.0822. The molecule has 0 saturated carbocycles. The Bertz CT molecular complexity index is 588. The van der Waals surface area contributed by atoms with Gasteiger partial charge in [-0.2, -0.15) is 0 Å². The number of aliphatic imine (C=N–C) groups is 1. The fourth-order valence-electron chi connectivity index (χ4n) is 3.22. The van der Waals surface area contributed by atoms with Crippen molar-refractivity contribution in [1.29, 1.82) is 0 Å². The van der Waals surface area contributed by atoms with Crippen LogP contribution >= 0.6 is 0 Å². The van der Waals surface area contributed by atoms with Crippen molar-refractivity contribution in [1.82, 2.24) is 15.5 Å². The van der Waals surface area contributed by atoms with Crippen molar-refractivity contribution >= 4 is 5.96 Å². The summed E-state index contributed by atoms with van der Waals surface area (Å²) in [6.45, 7) is 4.99. The number of benzene rings is 1. The van der Waals surface area contributed by atoms with Gasteiger partial charge in [0.2, 0.25) is 0 Å². The van der Waals surface area contributed by atoms with E-state index in [0.717, 1.165) is 37.8 Å². The van der Waals surface area contributed by atoms with Gasteiger partial charge in [-0.05, 0) is 24.9 Å². The normalized spacial score (nSPS) is 21.7. The zero-order chi connectivity index (χ0) is 17.3. The van der Waals surface area contributed by atoms with E-state index in [1.807, 2.05) is 0 Å². The number of rotatable bonds is 5. The minimum absolute atomic E-state index is 0.404. The molecule has 0 bridgehead atoms. The molecule has 2 N–H and O–H groups in total. The molecule has 136 valence electrons. The molecule has 0 aliphatic carbocycles. The van der Waals surface area contributed by atoms with Gasteiger partial charge in [0.1, 0.15) is 25.2 Å². The van der Waals surface area contributed by atoms with Crippen molar-refractivity contribution in [2.45, 2.75) is 25.4 Å². The Kier molecular flexibility index (Phi) is 6.56. The Morgan fingerprint density at radius 2 is 2.16 bits per heavy atom. The number of hydrogen-bond acceptors (Lipinski definition) is 4. The van der Waals surface area contributed by atoms with Gasteiger partial charge >= 0.3 is 0 Å². The van der Waals surface area contributed by atoms with Gasteiger partial charge in [0, 0.05) is 26.2 Å². The summed E-state index contributed by atoms with van der Waals surface area (Å²) in [5.74, 6) is 1.62. The number of hydrogen-bond donors (Lipinski definition) is 2. The molecule has 1 aromatic rings. The van der Waals surface area contributed by atoms with Crippen LogP contribution in [0.25, 0.3) is 0 Å². The third-order valence-corrected chi connectivity index (χ3v) is 4.45. The van der Waals surface area contributed by atoms with E-state index in [1.54, 1.807) is 13.3 Å². The quantitative estimate of drug-likeness (QED) is 0.629. The fraction of sp³-hybridized carbons (Fsp3) is 0.526. The highest BCUT2D eigenvalue weighted by Gasteiger charge is 2.21. The maximum Gasteiger partial charge on any atom is 0.191 e. The third kappa shape index (κ3) is 5.67. The van der Waals surface area contributed by atoms with Crippen LogP contribution in [0, 0.1) is 0 Å². The molecule has 2 aliphatic rings. The Labute approximate surface area is 149 Å². The van der Waals surface area contributed by atoms with E-state index in [4.69, 9.17) is 9.47 Å². The van der Waals surface area contributed by atoms with Gasteiger partial charge in [-0.15, -0.1) is 0 Å². The average Bonchev–Trinajstić information content (AvgIpc) is 2.67. The maximum atomic E-state index is 5.53. The standard InChI is InChI=1S/C19H28N4O2/c1-20-19(21-12-18-15-24-10-11-25-18)22-17-8-5-9-23(14-17)13-16-6-3-2-4-7-16/h2-4,6-7,15,17H,5,8-14H2,1H3,(H2,20,21,22). The van der Waals surface area contributed by atoms with E-state index in [-0.39, 0.29) is 0 Å². The van der Waals surface area contributed by atoms with Crippen LogP contribution < -0.4 is 10.6 Å². The lowest BCUT2D eigenvalue weighted by atomic mass is 10.0. The first-order valence-electron chi connectivity index (χ1n) is 9.00. The van der Waals surface area contributed by atoms with Crippen molar-refractivity contribution in [3.8, 4) is 0 Å². The first-order valence-corrected chi connectivity index (χ1v) is 9.00. The largest absolute Gasteiger partial charge is 0.494 e. The van der Waals surface area contributed by atoms with E-state index in [9.17, 15) is 0 Å². The van der Waals surface area contributed by atoms with Gasteiger partial charge in [-0.1, -0.05) is 30.3 Å². The number of nitrogens with zero attached hydrogens (tertiary/aromatic N) is 2. The Morgan fingerprint density at radius 3 is 2.92 bits per heavy atom. The van der Waals surface area contributed by atoms with Crippen LogP contribution in [0.5, 0.6) is 0 Å². The van der Waals surface area contributed by atoms with Crippen LogP contribution in [-0.2, 0) is 16.0 Å². The molecule has 0 aromatic heterocycles. The number of likely N-dealkylation sites (tertiary alicyclic amines) is 1. The molecule has 3 rings (SSSR count). The van der Waals surface area contributed by atoms with Crippen LogP contribution in [0.3, 0.4) is 0 Å². The van der Waals surface area contributed by atoms with Gasteiger partial charge in [0.25, 0.3) is 0 Å². The van der Waals surface area contributed by atoms with Gasteiger partial charge in [0.05, 0.1) is 6.54 Å². The average molecular weight is 344 g/mol. The SMILES string of the molecule is CN=C(NCC1=COCCO1)NC1CCCN(Cc2ccccc2)C1. The Hall–Kier alpha value is -2.21. The second-order valence-electron chi connectivity index (χ2n) is 6.43. The van der Waals surface area contributed by atoms with Crippen LogP contribution in [0.2, 0.25) is 0 Å². The molecule has 0 radical (unpaired) electrons. The second-order valence-corrected chi connectivity index (χ2v) is 6.43. The molecule has 0 amide bonds. The summed E-state index contributed by atoms with van der Waals surface area (Å²) in [5.41, 5.74) is 1.37. The molecular weight excluding hydrogens is 316 g/mol. The topological polar surface area (TPSA) is 58.1 Å². The molecule has 6 nitrogen and oxygen atoms in total. The predicted octanol–water partition coefficient (Wildman–Crippen LogP) is 1.70. The summed E-state index contributed by atoms with van der Waals surface area (Å²) >= 11 is 0. The minimum atomic E-state index is 0.404. The molecule has 2 aliphatic heterocycles. The first-order chi connectivity index (χ1) is 12.3. The minimum Gasteiger partial charge on any atom is -0.494 e. The fourth-order valence-corrected chi connectivity index (χ4v) is 3.22. The highest BCUT2D eigenvalue weighted by Crippen LogP contribution is 2.13. The van der Waals surface area contributed by atoms with Gasteiger partial charge in [0.15, 0.2) is 5.96 Å². The van der Waals surface area contributed by atoms with Crippen LogP contribution in [-0.4, -0.2) is 56.8 Å². The van der Waals surface area contributed by atoms with Crippen LogP contribution in [0.15, 0.2) is 47.3 Å². The third-order valence-electron chi connectivity index (χ3n) is 4.45. The zero-order valence-corrected chi connectivity index (χ0v) is 14.9. The summed E-state index contributed by atoms with van der Waals surface area (Å²) in [7, 11) is 1.80. The monoisotopic (exact) mass is 344 g/mol. The second kappa shape index (κ2) is 9.32. The number of nitrogens with one attached hydrogen (secondary N) is 2. The van der Waals surface area contributed by atoms with Crippen molar-refractivity contribution in [2.75, 3.05) is 39.9 Å². The molecular formula is C19H28N4O2. The molecule has 0 spiro atoms. The van der Waals surface area contributed by atoms with Gasteiger partial charge in [-0.3, -0.25) is 9.89 Å². The summed E-state index contributed by atoms with van der Waals surface area (Å²) < 4.78 is 10.8. The van der Waals surface area contributed by atoms with E-state index < -0.39 is 0 Å². The van der Waals surface area contributed by atoms with Crippen molar-refractivity contribution in [2.24, 2.45) is 4.99 Å². The lowest BCUT2D eigenvalue weighted by Gasteiger charge is -2.34. The first kappa shape index (κ1) is 17.6. The van der Waals surface area contributed by atoms with Crippen LogP contribution in [0.4, 0.5) is 0 Å². The number of ether oxygens (including phenoxy) is 2. The van der Waals surface area contributed by atoms with E-state index in [1.165, 1.54) is 12.0 Å². The van der Waals surface area contributed by atoms with Crippen molar-refractivity contribution in [3.05, 3.63) is 47.9 Å². The maximum absolute atomic E-state index is 5.53.